The predicted octanol–water partition coefficient (Wildman–Crippen LogP) is 0.726. The summed E-state index contributed by atoms with van der Waals surface area (Å²) in [7, 11) is 0. The number of piperazine rings is 2. The van der Waals surface area contributed by atoms with Crippen LogP contribution in [0.5, 0.6) is 0 Å². The van der Waals surface area contributed by atoms with E-state index in [1.165, 1.54) is 26.2 Å². The Hall–Kier alpha value is -1.93. The number of aromatic nitrogens is 2. The number of carbonyl (C=O) groups excluding carboxylic acids is 1. The summed E-state index contributed by atoms with van der Waals surface area (Å²) in [5, 5.41) is 3.07. The SMILES string of the molecule is CCN1CCN(CCCCNC(=O)N2CCN(c3ncccn3)CC2)CC1. The largest absolute Gasteiger partial charge is 0.338 e. The van der Waals surface area contributed by atoms with Gasteiger partial charge in [0.25, 0.3) is 0 Å². The molecule has 8 nitrogen and oxygen atoms in total. The molecular weight excluding hydrogens is 342 g/mol. The summed E-state index contributed by atoms with van der Waals surface area (Å²) in [5.41, 5.74) is 0. The van der Waals surface area contributed by atoms with Crippen LogP contribution in [-0.2, 0) is 0 Å². The molecule has 1 aromatic rings. The number of urea groups is 1. The Kier molecular flexibility index (Phi) is 7.65. The Morgan fingerprint density at radius 1 is 0.963 bits per heavy atom. The van der Waals surface area contributed by atoms with E-state index in [0.29, 0.717) is 13.1 Å². The molecule has 1 aromatic heterocycles. The molecule has 2 aliphatic rings. The smallest absolute Gasteiger partial charge is 0.317 e. The van der Waals surface area contributed by atoms with Gasteiger partial charge in [-0.1, -0.05) is 6.92 Å². The molecule has 0 atom stereocenters. The Morgan fingerprint density at radius 3 is 2.30 bits per heavy atom. The number of nitrogens with one attached hydrogen (secondary N) is 1. The number of anilines is 1. The minimum Gasteiger partial charge on any atom is -0.338 e. The van der Waals surface area contributed by atoms with Crippen LogP contribution in [0.1, 0.15) is 19.8 Å². The van der Waals surface area contributed by atoms with Crippen LogP contribution in [0, 0.1) is 0 Å². The third-order valence-corrected chi connectivity index (χ3v) is 5.49. The van der Waals surface area contributed by atoms with Crippen molar-refractivity contribution in [2.24, 2.45) is 0 Å². The number of rotatable bonds is 7. The van der Waals surface area contributed by atoms with Crippen molar-refractivity contribution in [3.05, 3.63) is 18.5 Å². The molecule has 0 spiro atoms. The number of unbranched alkanes of at least 4 members (excludes halogenated alkanes) is 1. The summed E-state index contributed by atoms with van der Waals surface area (Å²) < 4.78 is 0. The number of amides is 2. The molecule has 0 bridgehead atoms. The first-order valence-corrected chi connectivity index (χ1v) is 10.3. The molecule has 3 heterocycles. The highest BCUT2D eigenvalue weighted by atomic mass is 16.2. The van der Waals surface area contributed by atoms with Gasteiger partial charge in [-0.05, 0) is 32.0 Å². The second kappa shape index (κ2) is 10.4. The Bertz CT molecular complexity index is 554. The van der Waals surface area contributed by atoms with Gasteiger partial charge in [0.05, 0.1) is 0 Å². The topological polar surface area (TPSA) is 67.8 Å². The Balaban J connectivity index is 1.25. The molecule has 0 aliphatic carbocycles. The molecule has 0 saturated carbocycles. The third kappa shape index (κ3) is 6.04. The predicted molar refractivity (Wildman–Crippen MR) is 107 cm³/mol. The fourth-order valence-corrected chi connectivity index (χ4v) is 3.66. The van der Waals surface area contributed by atoms with Crippen molar-refractivity contribution in [2.45, 2.75) is 19.8 Å². The van der Waals surface area contributed by atoms with Gasteiger partial charge >= 0.3 is 6.03 Å². The van der Waals surface area contributed by atoms with Gasteiger partial charge in [-0.25, -0.2) is 14.8 Å². The molecule has 3 rings (SSSR count). The summed E-state index contributed by atoms with van der Waals surface area (Å²) in [6, 6.07) is 1.87. The van der Waals surface area contributed by atoms with Crippen LogP contribution in [0.2, 0.25) is 0 Å². The zero-order valence-corrected chi connectivity index (χ0v) is 16.5. The van der Waals surface area contributed by atoms with Gasteiger partial charge in [0.2, 0.25) is 5.95 Å². The average Bonchev–Trinajstić information content (AvgIpc) is 2.74. The van der Waals surface area contributed by atoms with Gasteiger partial charge in [0.15, 0.2) is 0 Å². The second-order valence-electron chi connectivity index (χ2n) is 7.24. The van der Waals surface area contributed by atoms with Crippen LogP contribution in [0.3, 0.4) is 0 Å². The normalized spacial score (nSPS) is 19.3. The fourth-order valence-electron chi connectivity index (χ4n) is 3.66. The highest BCUT2D eigenvalue weighted by molar-refractivity contribution is 5.74. The second-order valence-corrected chi connectivity index (χ2v) is 7.24. The van der Waals surface area contributed by atoms with E-state index < -0.39 is 0 Å². The molecule has 1 N–H and O–H groups in total. The van der Waals surface area contributed by atoms with Gasteiger partial charge in [0.1, 0.15) is 0 Å². The van der Waals surface area contributed by atoms with E-state index in [2.05, 4.69) is 36.9 Å². The average molecular weight is 376 g/mol. The molecule has 0 unspecified atom stereocenters. The van der Waals surface area contributed by atoms with E-state index in [4.69, 9.17) is 0 Å². The van der Waals surface area contributed by atoms with Gasteiger partial charge in [-0.15, -0.1) is 0 Å². The van der Waals surface area contributed by atoms with E-state index in [9.17, 15) is 4.79 Å². The lowest BCUT2D eigenvalue weighted by molar-refractivity contribution is 0.135. The molecule has 0 aromatic carbocycles. The number of hydrogen-bond acceptors (Lipinski definition) is 6. The zero-order valence-electron chi connectivity index (χ0n) is 16.5. The van der Waals surface area contributed by atoms with Crippen LogP contribution in [0.4, 0.5) is 10.7 Å². The Morgan fingerprint density at radius 2 is 1.63 bits per heavy atom. The number of carbonyl (C=O) groups is 1. The fraction of sp³-hybridized carbons (Fsp3) is 0.737. The first-order chi connectivity index (χ1) is 13.3. The van der Waals surface area contributed by atoms with Gasteiger partial charge in [0, 0.05) is 71.3 Å². The van der Waals surface area contributed by atoms with Gasteiger partial charge in [-0.3, -0.25) is 0 Å². The number of nitrogens with zero attached hydrogens (tertiary/aromatic N) is 6. The quantitative estimate of drug-likeness (QED) is 0.709. The van der Waals surface area contributed by atoms with E-state index in [1.54, 1.807) is 12.4 Å². The minimum atomic E-state index is 0.0557. The van der Waals surface area contributed by atoms with Crippen LogP contribution < -0.4 is 10.2 Å². The van der Waals surface area contributed by atoms with E-state index >= 15 is 0 Å². The maximum Gasteiger partial charge on any atom is 0.317 e. The Labute approximate surface area is 162 Å². The molecule has 2 amide bonds. The third-order valence-electron chi connectivity index (χ3n) is 5.49. The lowest BCUT2D eigenvalue weighted by Crippen LogP contribution is -2.52. The molecule has 150 valence electrons. The summed E-state index contributed by atoms with van der Waals surface area (Å²) in [6.07, 6.45) is 5.69. The van der Waals surface area contributed by atoms with Crippen molar-refractivity contribution >= 4 is 12.0 Å². The molecular formula is C19H33N7O. The van der Waals surface area contributed by atoms with E-state index in [1.807, 2.05) is 11.0 Å². The van der Waals surface area contributed by atoms with Crippen molar-refractivity contribution < 1.29 is 4.79 Å². The van der Waals surface area contributed by atoms with Crippen molar-refractivity contribution in [1.82, 2.24) is 30.0 Å². The van der Waals surface area contributed by atoms with Crippen molar-refractivity contribution in [1.29, 1.82) is 0 Å². The summed E-state index contributed by atoms with van der Waals surface area (Å²) in [5.74, 6) is 0.748. The molecule has 27 heavy (non-hydrogen) atoms. The standard InChI is InChI=1S/C19H33N7O/c1-2-23-10-12-24(13-11-23)9-4-3-6-22-19(27)26-16-14-25(15-17-26)18-20-7-5-8-21-18/h5,7-8H,2-4,6,9-17H2,1H3,(H,22,27). The molecule has 0 radical (unpaired) electrons. The summed E-state index contributed by atoms with van der Waals surface area (Å²) in [4.78, 5) is 29.9. The first-order valence-electron chi connectivity index (χ1n) is 10.3. The number of hydrogen-bond donors (Lipinski definition) is 1. The van der Waals surface area contributed by atoms with Crippen LogP contribution in [0.25, 0.3) is 0 Å². The monoisotopic (exact) mass is 375 g/mol. The maximum absolute atomic E-state index is 12.3. The molecule has 2 aliphatic heterocycles. The molecule has 2 saturated heterocycles. The van der Waals surface area contributed by atoms with Crippen molar-refractivity contribution in [3.63, 3.8) is 0 Å². The van der Waals surface area contributed by atoms with Gasteiger partial charge < -0.3 is 24.9 Å². The van der Waals surface area contributed by atoms with Crippen molar-refractivity contribution in [2.75, 3.05) is 76.9 Å². The van der Waals surface area contributed by atoms with Crippen molar-refractivity contribution in [3.8, 4) is 0 Å². The highest BCUT2D eigenvalue weighted by Crippen LogP contribution is 2.09. The zero-order chi connectivity index (χ0) is 18.9. The maximum atomic E-state index is 12.3. The van der Waals surface area contributed by atoms with E-state index in [-0.39, 0.29) is 6.03 Å². The van der Waals surface area contributed by atoms with E-state index in [0.717, 1.165) is 51.5 Å². The highest BCUT2D eigenvalue weighted by Gasteiger charge is 2.22. The van der Waals surface area contributed by atoms with Gasteiger partial charge in [-0.2, -0.15) is 0 Å². The minimum absolute atomic E-state index is 0.0557. The lowest BCUT2D eigenvalue weighted by Gasteiger charge is -2.34. The lowest BCUT2D eigenvalue weighted by atomic mass is 10.2. The summed E-state index contributed by atoms with van der Waals surface area (Å²) >= 11 is 0. The summed E-state index contributed by atoms with van der Waals surface area (Å²) in [6.45, 7) is 13.0. The molecule has 8 heteroatoms. The van der Waals surface area contributed by atoms with Crippen LogP contribution in [-0.4, -0.2) is 103 Å². The number of likely N-dealkylation sites (N-methyl/N-ethyl adjacent to an activating group) is 1. The van der Waals surface area contributed by atoms with Crippen LogP contribution in [0.15, 0.2) is 18.5 Å². The van der Waals surface area contributed by atoms with Crippen LogP contribution >= 0.6 is 0 Å². The molecule has 2 fully saturated rings. The first kappa shape index (κ1) is 19.8.